The summed E-state index contributed by atoms with van der Waals surface area (Å²) >= 11 is 3.39. The number of anilines is 1. The summed E-state index contributed by atoms with van der Waals surface area (Å²) in [7, 11) is 0. The molecule has 2 unspecified atom stereocenters. The molecular formula is C11H16BrN3. The summed E-state index contributed by atoms with van der Waals surface area (Å²) < 4.78 is 0. The summed E-state index contributed by atoms with van der Waals surface area (Å²) in [5.41, 5.74) is 1.12. The molecule has 0 aliphatic carbocycles. The van der Waals surface area contributed by atoms with Crippen LogP contribution in [-0.4, -0.2) is 23.1 Å². The molecule has 0 radical (unpaired) electrons. The lowest BCUT2D eigenvalue weighted by Gasteiger charge is -2.15. The van der Waals surface area contributed by atoms with Gasteiger partial charge < -0.3 is 4.90 Å². The highest BCUT2D eigenvalue weighted by Crippen LogP contribution is 2.25. The second kappa shape index (κ2) is 4.47. The molecule has 0 bridgehead atoms. The van der Waals surface area contributed by atoms with Gasteiger partial charge in [0.25, 0.3) is 0 Å². The highest BCUT2D eigenvalue weighted by atomic mass is 79.9. The van der Waals surface area contributed by atoms with Gasteiger partial charge in [-0.15, -0.1) is 0 Å². The summed E-state index contributed by atoms with van der Waals surface area (Å²) in [6.45, 7) is 6.73. The minimum Gasteiger partial charge on any atom is -0.340 e. The first-order valence-corrected chi connectivity index (χ1v) is 6.44. The Morgan fingerprint density at radius 2 is 1.80 bits per heavy atom. The molecule has 2 heterocycles. The number of aromatic nitrogens is 2. The van der Waals surface area contributed by atoms with Crippen molar-refractivity contribution in [3.63, 3.8) is 0 Å². The monoisotopic (exact) mass is 269 g/mol. The van der Waals surface area contributed by atoms with Crippen molar-refractivity contribution in [3.8, 4) is 0 Å². The fraction of sp³-hybridized carbons (Fsp3) is 0.636. The maximum atomic E-state index is 4.39. The number of hydrogen-bond acceptors (Lipinski definition) is 3. The van der Waals surface area contributed by atoms with Crippen LogP contribution in [0.25, 0.3) is 0 Å². The Morgan fingerprint density at radius 1 is 1.27 bits per heavy atom. The van der Waals surface area contributed by atoms with Gasteiger partial charge in [-0.3, -0.25) is 0 Å². The van der Waals surface area contributed by atoms with E-state index in [-0.39, 0.29) is 0 Å². The Morgan fingerprint density at radius 3 is 2.27 bits per heavy atom. The molecule has 0 saturated carbocycles. The number of rotatable bonds is 2. The molecule has 1 aromatic rings. The van der Waals surface area contributed by atoms with Crippen LogP contribution >= 0.6 is 15.9 Å². The third-order valence-electron chi connectivity index (χ3n) is 3.12. The van der Waals surface area contributed by atoms with Gasteiger partial charge in [0.15, 0.2) is 0 Å². The quantitative estimate of drug-likeness (QED) is 0.773. The van der Waals surface area contributed by atoms with Crippen molar-refractivity contribution >= 4 is 21.9 Å². The molecule has 15 heavy (non-hydrogen) atoms. The van der Waals surface area contributed by atoms with Crippen molar-refractivity contribution in [1.29, 1.82) is 0 Å². The highest BCUT2D eigenvalue weighted by Gasteiger charge is 2.27. The molecule has 1 saturated heterocycles. The molecule has 0 aromatic carbocycles. The first-order chi connectivity index (χ1) is 7.20. The smallest absolute Gasteiger partial charge is 0.225 e. The van der Waals surface area contributed by atoms with Crippen LogP contribution in [0.3, 0.4) is 0 Å². The molecule has 2 rings (SSSR count). The minimum atomic E-state index is 0.740. The van der Waals surface area contributed by atoms with Gasteiger partial charge in [0.1, 0.15) is 0 Å². The van der Waals surface area contributed by atoms with E-state index in [1.165, 1.54) is 0 Å². The topological polar surface area (TPSA) is 29.0 Å². The Balaban J connectivity index is 2.10. The van der Waals surface area contributed by atoms with Gasteiger partial charge in [0.2, 0.25) is 5.95 Å². The highest BCUT2D eigenvalue weighted by molar-refractivity contribution is 9.08. The number of halogens is 1. The van der Waals surface area contributed by atoms with Gasteiger partial charge in [-0.1, -0.05) is 29.8 Å². The molecule has 0 N–H and O–H groups in total. The molecule has 2 atom stereocenters. The maximum absolute atomic E-state index is 4.39. The molecule has 1 aliphatic heterocycles. The predicted octanol–water partition coefficient (Wildman–Crippen LogP) is 2.46. The summed E-state index contributed by atoms with van der Waals surface area (Å²) in [5, 5.41) is 0.820. The molecule has 1 fully saturated rings. The maximum Gasteiger partial charge on any atom is 0.225 e. The molecule has 1 aliphatic rings. The summed E-state index contributed by atoms with van der Waals surface area (Å²) in [4.78, 5) is 11.0. The van der Waals surface area contributed by atoms with Crippen LogP contribution in [0, 0.1) is 11.8 Å². The van der Waals surface area contributed by atoms with Crippen molar-refractivity contribution in [2.45, 2.75) is 19.2 Å². The van der Waals surface area contributed by atoms with Crippen LogP contribution in [0.5, 0.6) is 0 Å². The first-order valence-electron chi connectivity index (χ1n) is 5.32. The fourth-order valence-corrected chi connectivity index (χ4v) is 2.16. The van der Waals surface area contributed by atoms with Gasteiger partial charge in [0.05, 0.1) is 0 Å². The zero-order valence-corrected chi connectivity index (χ0v) is 10.7. The second-order valence-electron chi connectivity index (χ2n) is 4.38. The molecule has 0 spiro atoms. The predicted molar refractivity (Wildman–Crippen MR) is 65.2 cm³/mol. The van der Waals surface area contributed by atoms with E-state index in [2.05, 4.69) is 44.6 Å². The molecule has 1 aromatic heterocycles. The Hall–Kier alpha value is -0.640. The van der Waals surface area contributed by atoms with E-state index in [0.717, 1.165) is 41.8 Å². The van der Waals surface area contributed by atoms with Crippen molar-refractivity contribution < 1.29 is 0 Å². The van der Waals surface area contributed by atoms with E-state index in [0.29, 0.717) is 0 Å². The average molecular weight is 270 g/mol. The van der Waals surface area contributed by atoms with Crippen LogP contribution < -0.4 is 4.90 Å². The van der Waals surface area contributed by atoms with Gasteiger partial charge in [-0.25, -0.2) is 9.97 Å². The largest absolute Gasteiger partial charge is 0.340 e. The van der Waals surface area contributed by atoms with Crippen LogP contribution in [0.15, 0.2) is 12.4 Å². The lowest BCUT2D eigenvalue weighted by molar-refractivity contribution is 0.494. The summed E-state index contributed by atoms with van der Waals surface area (Å²) in [6.07, 6.45) is 3.79. The number of hydrogen-bond donors (Lipinski definition) is 0. The van der Waals surface area contributed by atoms with Crippen LogP contribution in [0.1, 0.15) is 19.4 Å². The zero-order valence-electron chi connectivity index (χ0n) is 9.15. The Labute approximate surface area is 99.0 Å². The van der Waals surface area contributed by atoms with E-state index < -0.39 is 0 Å². The van der Waals surface area contributed by atoms with Gasteiger partial charge in [-0.05, 0) is 17.4 Å². The number of alkyl halides is 1. The zero-order chi connectivity index (χ0) is 10.8. The minimum absolute atomic E-state index is 0.740. The van der Waals surface area contributed by atoms with Crippen molar-refractivity contribution in [2.75, 3.05) is 18.0 Å². The lowest BCUT2D eigenvalue weighted by atomic mass is 10.0. The standard InChI is InChI=1S/C11H16BrN3/c1-8-6-15(7-9(8)2)11-13-4-10(3-12)5-14-11/h4-5,8-9H,3,6-7H2,1-2H3. The van der Waals surface area contributed by atoms with Crippen LogP contribution in [0.4, 0.5) is 5.95 Å². The van der Waals surface area contributed by atoms with E-state index in [4.69, 9.17) is 0 Å². The third kappa shape index (κ3) is 2.30. The first kappa shape index (κ1) is 10.9. The van der Waals surface area contributed by atoms with Crippen LogP contribution in [0.2, 0.25) is 0 Å². The number of nitrogens with zero attached hydrogens (tertiary/aromatic N) is 3. The molecule has 4 heteroatoms. The SMILES string of the molecule is CC1CN(c2ncc(CBr)cn2)CC1C. The van der Waals surface area contributed by atoms with E-state index in [9.17, 15) is 0 Å². The average Bonchev–Trinajstić information content (AvgIpc) is 2.59. The van der Waals surface area contributed by atoms with E-state index in [1.54, 1.807) is 0 Å². The van der Waals surface area contributed by atoms with Crippen molar-refractivity contribution in [1.82, 2.24) is 9.97 Å². The lowest BCUT2D eigenvalue weighted by Crippen LogP contribution is -2.22. The molecule has 0 amide bonds. The van der Waals surface area contributed by atoms with Crippen LogP contribution in [-0.2, 0) is 5.33 Å². The normalized spacial score (nSPS) is 25.9. The third-order valence-corrected chi connectivity index (χ3v) is 3.76. The van der Waals surface area contributed by atoms with Gasteiger partial charge in [-0.2, -0.15) is 0 Å². The van der Waals surface area contributed by atoms with Gasteiger partial charge >= 0.3 is 0 Å². The second-order valence-corrected chi connectivity index (χ2v) is 4.95. The van der Waals surface area contributed by atoms with Crippen molar-refractivity contribution in [2.24, 2.45) is 11.8 Å². The van der Waals surface area contributed by atoms with Gasteiger partial charge in [0, 0.05) is 30.8 Å². The van der Waals surface area contributed by atoms with E-state index in [1.807, 2.05) is 12.4 Å². The Bertz CT molecular complexity index is 315. The molecule has 3 nitrogen and oxygen atoms in total. The Kier molecular flexibility index (Phi) is 3.24. The van der Waals surface area contributed by atoms with Crippen molar-refractivity contribution in [3.05, 3.63) is 18.0 Å². The molecule has 82 valence electrons. The summed E-state index contributed by atoms with van der Waals surface area (Å²) in [5.74, 6) is 2.35. The van der Waals surface area contributed by atoms with E-state index >= 15 is 0 Å². The molecular weight excluding hydrogens is 254 g/mol. The fourth-order valence-electron chi connectivity index (χ4n) is 1.87. The summed E-state index contributed by atoms with van der Waals surface area (Å²) in [6, 6.07) is 0.